The van der Waals surface area contributed by atoms with Gasteiger partial charge in [0.25, 0.3) is 17.7 Å². The van der Waals surface area contributed by atoms with Crippen molar-refractivity contribution in [3.05, 3.63) is 11.1 Å². The molecule has 17 heteroatoms. The zero-order chi connectivity index (χ0) is 26.3. The summed E-state index contributed by atoms with van der Waals surface area (Å²) < 4.78 is 31.9. The molecule has 3 heterocycles. The van der Waals surface area contributed by atoms with Gasteiger partial charge in [0, 0.05) is 11.9 Å². The normalized spacial score (nSPS) is 23.1. The monoisotopic (exact) mass is 532 g/mol. The van der Waals surface area contributed by atoms with E-state index in [-0.39, 0.29) is 21.7 Å². The number of hydrogen-bond acceptors (Lipinski definition) is 11. The summed E-state index contributed by atoms with van der Waals surface area (Å²) in [6.45, 7) is 4.21. The van der Waals surface area contributed by atoms with Crippen molar-refractivity contribution in [1.82, 2.24) is 19.5 Å². The summed E-state index contributed by atoms with van der Waals surface area (Å²) in [6, 6.07) is -3.38. The predicted octanol–water partition coefficient (Wildman–Crippen LogP) is -1.18. The van der Waals surface area contributed by atoms with Crippen LogP contribution in [0.1, 0.15) is 39.3 Å². The van der Waals surface area contributed by atoms with E-state index in [0.29, 0.717) is 12.8 Å². The van der Waals surface area contributed by atoms with Crippen LogP contribution in [-0.4, -0.2) is 91.9 Å². The summed E-state index contributed by atoms with van der Waals surface area (Å²) in [6.07, 6.45) is 0.794. The molecule has 3 atom stereocenters. The molecule has 3 amide bonds. The Bertz CT molecular complexity index is 1190. The van der Waals surface area contributed by atoms with Gasteiger partial charge in [0.15, 0.2) is 10.8 Å². The highest BCUT2D eigenvalue weighted by Gasteiger charge is 2.52. The van der Waals surface area contributed by atoms with Crippen LogP contribution in [0.2, 0.25) is 0 Å². The summed E-state index contributed by atoms with van der Waals surface area (Å²) in [7, 11) is -4.79. The highest BCUT2D eigenvalue weighted by molar-refractivity contribution is 7.84. The van der Waals surface area contributed by atoms with Gasteiger partial charge in [-0.05, 0) is 33.6 Å². The Kier molecular flexibility index (Phi) is 7.05. The number of thiazole rings is 1. The maximum Gasteiger partial charge on any atom is 0.362 e. The Morgan fingerprint density at radius 1 is 1.37 bits per heavy atom. The van der Waals surface area contributed by atoms with Gasteiger partial charge in [-0.3, -0.25) is 18.9 Å². The largest absolute Gasteiger partial charge is 0.480 e. The van der Waals surface area contributed by atoms with Crippen LogP contribution in [-0.2, 0) is 34.3 Å². The van der Waals surface area contributed by atoms with Gasteiger partial charge in [-0.2, -0.15) is 8.42 Å². The van der Waals surface area contributed by atoms with E-state index in [0.717, 1.165) is 16.2 Å². The number of nitrogen functional groups attached to an aromatic ring is 1. The molecule has 0 spiro atoms. The number of rotatable bonds is 8. The average Bonchev–Trinajstić information content (AvgIpc) is 3.40. The van der Waals surface area contributed by atoms with Gasteiger partial charge in [-0.1, -0.05) is 5.16 Å². The van der Waals surface area contributed by atoms with Gasteiger partial charge in [-0.15, -0.1) is 11.3 Å². The lowest BCUT2D eigenvalue weighted by Gasteiger charge is -2.42. The fraction of sp³-hybridized carbons (Fsp3) is 0.556. The third kappa shape index (κ3) is 5.20. The molecule has 0 saturated carbocycles. The van der Waals surface area contributed by atoms with Gasteiger partial charge < -0.3 is 25.9 Å². The molecule has 5 N–H and O–H groups in total. The van der Waals surface area contributed by atoms with Crippen molar-refractivity contribution in [2.24, 2.45) is 5.16 Å². The zero-order valence-corrected chi connectivity index (χ0v) is 20.5. The topological polar surface area (TPSA) is 222 Å². The second-order valence-corrected chi connectivity index (χ2v) is 10.6. The Labute approximate surface area is 203 Å². The van der Waals surface area contributed by atoms with E-state index in [2.05, 4.69) is 15.5 Å². The number of carbonyl (C=O) groups excluding carboxylic acids is 3. The molecule has 2 aliphatic rings. The number of oxime groups is 1. The summed E-state index contributed by atoms with van der Waals surface area (Å²) in [5, 5.41) is 16.9. The van der Waals surface area contributed by atoms with Gasteiger partial charge in [0.05, 0.1) is 6.04 Å². The molecule has 2 aliphatic heterocycles. The SMILES string of the molecule is C[C@H]1[C@H](NC(=O)/C(=N\OC(C)(C)C(=O)N2CCC[C@@H]2C(=O)O)c2csc(N)n2)C(=O)N1S(=O)(=O)O. The van der Waals surface area contributed by atoms with Crippen LogP contribution in [0.5, 0.6) is 0 Å². The van der Waals surface area contributed by atoms with Crippen LogP contribution >= 0.6 is 11.3 Å². The molecule has 15 nitrogen and oxygen atoms in total. The van der Waals surface area contributed by atoms with E-state index in [1.54, 1.807) is 0 Å². The Morgan fingerprint density at radius 2 is 2.03 bits per heavy atom. The van der Waals surface area contributed by atoms with E-state index < -0.39 is 63.4 Å². The number of amides is 3. The molecule has 192 valence electrons. The van der Waals surface area contributed by atoms with E-state index >= 15 is 0 Å². The van der Waals surface area contributed by atoms with Crippen LogP contribution in [0.4, 0.5) is 5.13 Å². The second-order valence-electron chi connectivity index (χ2n) is 8.41. The van der Waals surface area contributed by atoms with Crippen LogP contribution in [0.3, 0.4) is 0 Å². The third-order valence-corrected chi connectivity index (χ3v) is 7.21. The second kappa shape index (κ2) is 9.38. The number of anilines is 1. The number of likely N-dealkylation sites (tertiary alicyclic amines) is 1. The lowest BCUT2D eigenvalue weighted by Crippen LogP contribution is -2.71. The standard InChI is InChI=1S/C18H24N6O9S2/c1-8-11(14(26)24(8)35(30,31)32)21-13(25)12(9-7-34-17(19)20-9)22-33-18(2,3)16(29)23-6-4-5-10(23)15(27)28/h7-8,10-11H,4-6H2,1-3H3,(H2,19,20)(H,21,25)(H,27,28)(H,30,31,32)/b22-12-/t8-,10+,11-/m0/s1. The Balaban J connectivity index is 1.82. The van der Waals surface area contributed by atoms with Crippen LogP contribution in [0.25, 0.3) is 0 Å². The number of carboxylic acid groups (broad SMARTS) is 1. The average molecular weight is 533 g/mol. The smallest absolute Gasteiger partial charge is 0.362 e. The maximum atomic E-state index is 13.0. The molecular weight excluding hydrogens is 508 g/mol. The molecule has 1 aromatic heterocycles. The summed E-state index contributed by atoms with van der Waals surface area (Å²) in [4.78, 5) is 60.0. The number of β-lactam (4-membered cyclic amide) rings is 1. The van der Waals surface area contributed by atoms with Crippen LogP contribution < -0.4 is 11.1 Å². The van der Waals surface area contributed by atoms with Crippen molar-refractivity contribution in [1.29, 1.82) is 0 Å². The minimum Gasteiger partial charge on any atom is -0.480 e. The number of aliphatic carboxylic acids is 1. The zero-order valence-electron chi connectivity index (χ0n) is 18.9. The van der Waals surface area contributed by atoms with Gasteiger partial charge in [0.1, 0.15) is 17.8 Å². The third-order valence-electron chi connectivity index (χ3n) is 5.53. The minimum atomic E-state index is -4.79. The summed E-state index contributed by atoms with van der Waals surface area (Å²) >= 11 is 0.979. The number of nitrogens with two attached hydrogens (primary N) is 1. The number of carbonyl (C=O) groups is 4. The number of carboxylic acids is 1. The van der Waals surface area contributed by atoms with E-state index in [4.69, 9.17) is 15.1 Å². The lowest BCUT2D eigenvalue weighted by atomic mass is 10.0. The van der Waals surface area contributed by atoms with E-state index in [1.807, 2.05) is 0 Å². The maximum absolute atomic E-state index is 13.0. The van der Waals surface area contributed by atoms with Crippen molar-refractivity contribution in [3.63, 3.8) is 0 Å². The minimum absolute atomic E-state index is 0.0381. The van der Waals surface area contributed by atoms with Gasteiger partial charge >= 0.3 is 16.3 Å². The summed E-state index contributed by atoms with van der Waals surface area (Å²) in [5.74, 6) is -3.85. The van der Waals surface area contributed by atoms with E-state index in [9.17, 15) is 32.7 Å². The first-order valence-corrected chi connectivity index (χ1v) is 12.6. The molecule has 35 heavy (non-hydrogen) atoms. The van der Waals surface area contributed by atoms with Crippen molar-refractivity contribution in [3.8, 4) is 0 Å². The van der Waals surface area contributed by atoms with Crippen molar-refractivity contribution in [2.45, 2.75) is 57.3 Å². The quantitative estimate of drug-likeness (QED) is 0.135. The molecule has 0 aromatic carbocycles. The predicted molar refractivity (Wildman–Crippen MR) is 120 cm³/mol. The molecule has 2 fully saturated rings. The van der Waals surface area contributed by atoms with E-state index in [1.165, 1.54) is 26.2 Å². The number of hydrogen-bond donors (Lipinski definition) is 4. The lowest BCUT2D eigenvalue weighted by molar-refractivity contribution is -0.161. The molecule has 0 aliphatic carbocycles. The van der Waals surface area contributed by atoms with Crippen LogP contribution in [0.15, 0.2) is 10.5 Å². The first-order valence-electron chi connectivity index (χ1n) is 10.3. The van der Waals surface area contributed by atoms with Crippen molar-refractivity contribution < 1.29 is 42.1 Å². The fourth-order valence-electron chi connectivity index (χ4n) is 3.73. The molecule has 0 bridgehead atoms. The number of aromatic nitrogens is 1. The first kappa shape index (κ1) is 26.3. The molecule has 0 unspecified atom stereocenters. The molecular formula is C18H24N6O9S2. The first-order chi connectivity index (χ1) is 16.1. The Morgan fingerprint density at radius 3 is 2.54 bits per heavy atom. The highest BCUT2D eigenvalue weighted by Crippen LogP contribution is 2.25. The van der Waals surface area contributed by atoms with Crippen molar-refractivity contribution >= 4 is 56.2 Å². The highest BCUT2D eigenvalue weighted by atomic mass is 32.2. The number of nitrogens with one attached hydrogen (secondary N) is 1. The van der Waals surface area contributed by atoms with Crippen molar-refractivity contribution in [2.75, 3.05) is 12.3 Å². The van der Waals surface area contributed by atoms with Gasteiger partial charge in [-0.25, -0.2) is 14.1 Å². The number of nitrogens with zero attached hydrogens (tertiary/aromatic N) is 4. The summed E-state index contributed by atoms with van der Waals surface area (Å²) in [5.41, 5.74) is 3.46. The molecule has 1 aromatic rings. The molecule has 0 radical (unpaired) electrons. The molecule has 2 saturated heterocycles. The fourth-order valence-corrected chi connectivity index (χ4v) is 5.16. The molecule has 3 rings (SSSR count). The van der Waals surface area contributed by atoms with Crippen LogP contribution in [0, 0.1) is 0 Å². The van der Waals surface area contributed by atoms with Gasteiger partial charge in [0.2, 0.25) is 5.60 Å². The Hall–Kier alpha value is -3.31.